The number of aromatic nitrogens is 1. The molecule has 38 heavy (non-hydrogen) atoms. The number of hydrogen-bond acceptors (Lipinski definition) is 7. The minimum Gasteiger partial charge on any atom is -0.497 e. The van der Waals surface area contributed by atoms with Crippen LogP contribution in [0.15, 0.2) is 48.5 Å². The van der Waals surface area contributed by atoms with E-state index in [4.69, 9.17) is 14.5 Å². The third-order valence-corrected chi connectivity index (χ3v) is 7.38. The van der Waals surface area contributed by atoms with E-state index in [1.54, 1.807) is 35.1 Å². The maximum absolute atomic E-state index is 13.9. The van der Waals surface area contributed by atoms with Crippen LogP contribution in [0.25, 0.3) is 22.2 Å². The van der Waals surface area contributed by atoms with Crippen molar-refractivity contribution in [2.45, 2.75) is 20.8 Å². The summed E-state index contributed by atoms with van der Waals surface area (Å²) in [5.74, 6) is -0.547. The Hall–Kier alpha value is -4.24. The van der Waals surface area contributed by atoms with Gasteiger partial charge in [-0.3, -0.25) is 9.59 Å². The van der Waals surface area contributed by atoms with E-state index >= 15 is 0 Å². The number of para-hydroxylation sites is 1. The average Bonchev–Trinajstić information content (AvgIpc) is 3.23. The van der Waals surface area contributed by atoms with Crippen LogP contribution in [0.2, 0.25) is 0 Å². The molecule has 8 nitrogen and oxygen atoms in total. The second-order valence-electron chi connectivity index (χ2n) is 8.84. The van der Waals surface area contributed by atoms with Gasteiger partial charge < -0.3 is 19.7 Å². The fraction of sp³-hybridized carbons (Fsp3) is 0.241. The summed E-state index contributed by atoms with van der Waals surface area (Å²) in [6.07, 6.45) is 0. The van der Waals surface area contributed by atoms with E-state index in [0.717, 1.165) is 16.9 Å². The van der Waals surface area contributed by atoms with Crippen molar-refractivity contribution < 1.29 is 23.9 Å². The molecule has 0 aliphatic carbocycles. The number of nitrogens with zero attached hydrogens (tertiary/aromatic N) is 2. The third kappa shape index (κ3) is 4.97. The molecule has 0 aliphatic rings. The van der Waals surface area contributed by atoms with E-state index in [-0.39, 0.29) is 23.1 Å². The third-order valence-electron chi connectivity index (χ3n) is 6.18. The number of thiophene rings is 1. The summed E-state index contributed by atoms with van der Waals surface area (Å²) in [5, 5.41) is 3.85. The molecule has 2 amide bonds. The molecule has 9 heteroatoms. The standard InChI is InChI=1S/C29H29N3O5S/c1-7-37-29(35)23-17(3)25(28(34)32(4)5)38-27(23)31-26(33)22-16(2)24(18-12-14-19(36-6)15-13-18)30-21-11-9-8-10-20(21)22/h8-15H,7H2,1-6H3,(H,31,33). The largest absolute Gasteiger partial charge is 0.497 e. The van der Waals surface area contributed by atoms with Gasteiger partial charge in [0.25, 0.3) is 11.8 Å². The molecule has 0 unspecified atom stereocenters. The SMILES string of the molecule is CCOC(=O)c1c(NC(=O)c2c(C)c(-c3ccc(OC)cc3)nc3ccccc23)sc(C(=O)N(C)C)c1C. The second kappa shape index (κ2) is 11.0. The fourth-order valence-electron chi connectivity index (χ4n) is 4.25. The lowest BCUT2D eigenvalue weighted by Gasteiger charge is -2.15. The quantitative estimate of drug-likeness (QED) is 0.306. The maximum Gasteiger partial charge on any atom is 0.341 e. The number of benzene rings is 2. The highest BCUT2D eigenvalue weighted by Gasteiger charge is 2.28. The molecule has 0 atom stereocenters. The van der Waals surface area contributed by atoms with Gasteiger partial charge >= 0.3 is 5.97 Å². The first-order valence-electron chi connectivity index (χ1n) is 12.0. The number of carbonyl (C=O) groups is 3. The van der Waals surface area contributed by atoms with Crippen molar-refractivity contribution in [2.24, 2.45) is 0 Å². The van der Waals surface area contributed by atoms with Crippen molar-refractivity contribution in [3.63, 3.8) is 0 Å². The zero-order chi connectivity index (χ0) is 27.6. The molecule has 4 aromatic rings. The monoisotopic (exact) mass is 531 g/mol. The normalized spacial score (nSPS) is 10.8. The summed E-state index contributed by atoms with van der Waals surface area (Å²) in [5.41, 5.74) is 3.92. The summed E-state index contributed by atoms with van der Waals surface area (Å²) >= 11 is 1.06. The Morgan fingerprint density at radius 3 is 2.29 bits per heavy atom. The van der Waals surface area contributed by atoms with Crippen LogP contribution in [-0.2, 0) is 4.74 Å². The van der Waals surface area contributed by atoms with Gasteiger partial charge in [-0.1, -0.05) is 18.2 Å². The van der Waals surface area contributed by atoms with Gasteiger partial charge in [-0.15, -0.1) is 11.3 Å². The van der Waals surface area contributed by atoms with E-state index in [2.05, 4.69) is 5.32 Å². The number of hydrogen-bond donors (Lipinski definition) is 1. The average molecular weight is 532 g/mol. The molecule has 0 saturated carbocycles. The van der Waals surface area contributed by atoms with E-state index in [1.807, 2.05) is 55.5 Å². The topological polar surface area (TPSA) is 97.8 Å². The first-order chi connectivity index (χ1) is 18.2. The summed E-state index contributed by atoms with van der Waals surface area (Å²) in [7, 11) is 4.87. The van der Waals surface area contributed by atoms with Gasteiger partial charge in [-0.25, -0.2) is 9.78 Å². The zero-order valence-electron chi connectivity index (χ0n) is 22.2. The van der Waals surface area contributed by atoms with Crippen LogP contribution in [0.5, 0.6) is 5.75 Å². The van der Waals surface area contributed by atoms with Gasteiger partial charge in [0, 0.05) is 25.0 Å². The van der Waals surface area contributed by atoms with E-state index in [0.29, 0.717) is 43.9 Å². The second-order valence-corrected chi connectivity index (χ2v) is 9.86. The first kappa shape index (κ1) is 26.8. The Bertz CT molecular complexity index is 1540. The summed E-state index contributed by atoms with van der Waals surface area (Å²) < 4.78 is 10.5. The Labute approximate surface area is 225 Å². The first-order valence-corrected chi connectivity index (χ1v) is 12.9. The minimum absolute atomic E-state index is 0.164. The van der Waals surface area contributed by atoms with E-state index in [9.17, 15) is 14.4 Å². The lowest BCUT2D eigenvalue weighted by Crippen LogP contribution is -2.21. The molecular formula is C29H29N3O5S. The minimum atomic E-state index is -0.593. The maximum atomic E-state index is 13.9. The number of esters is 1. The summed E-state index contributed by atoms with van der Waals surface area (Å²) in [6.45, 7) is 5.40. The molecule has 0 radical (unpaired) electrons. The molecule has 4 rings (SSSR count). The Balaban J connectivity index is 1.85. The molecule has 0 bridgehead atoms. The predicted octanol–water partition coefficient (Wildman–Crippen LogP) is 5.72. The molecule has 2 aromatic heterocycles. The van der Waals surface area contributed by atoms with Gasteiger partial charge in [-0.05, 0) is 62.2 Å². The van der Waals surface area contributed by atoms with Gasteiger partial charge in [-0.2, -0.15) is 0 Å². The number of methoxy groups -OCH3 is 1. The highest BCUT2D eigenvalue weighted by Crippen LogP contribution is 2.36. The molecule has 196 valence electrons. The van der Waals surface area contributed by atoms with Crippen molar-refractivity contribution in [3.8, 4) is 17.0 Å². The van der Waals surface area contributed by atoms with Crippen molar-refractivity contribution in [1.82, 2.24) is 9.88 Å². The van der Waals surface area contributed by atoms with E-state index in [1.165, 1.54) is 4.90 Å². The Morgan fingerprint density at radius 2 is 1.66 bits per heavy atom. The number of pyridine rings is 1. The van der Waals surface area contributed by atoms with Crippen molar-refractivity contribution in [3.05, 3.63) is 75.7 Å². The van der Waals surface area contributed by atoms with Crippen LogP contribution < -0.4 is 10.1 Å². The lowest BCUT2D eigenvalue weighted by molar-refractivity contribution is 0.0527. The van der Waals surface area contributed by atoms with Crippen molar-refractivity contribution >= 4 is 45.0 Å². The summed E-state index contributed by atoms with van der Waals surface area (Å²) in [4.78, 5) is 46.2. The molecule has 0 fully saturated rings. The number of amides is 2. The molecule has 0 aliphatic heterocycles. The number of anilines is 1. The molecular weight excluding hydrogens is 502 g/mol. The molecule has 2 heterocycles. The number of rotatable bonds is 7. The van der Waals surface area contributed by atoms with Crippen LogP contribution >= 0.6 is 11.3 Å². The highest BCUT2D eigenvalue weighted by atomic mass is 32.1. The van der Waals surface area contributed by atoms with Crippen LogP contribution in [0.3, 0.4) is 0 Å². The zero-order valence-corrected chi connectivity index (χ0v) is 23.0. The highest BCUT2D eigenvalue weighted by molar-refractivity contribution is 7.18. The number of carbonyl (C=O) groups excluding carboxylic acids is 3. The molecule has 0 spiro atoms. The van der Waals surface area contributed by atoms with Crippen LogP contribution in [0.4, 0.5) is 5.00 Å². The van der Waals surface area contributed by atoms with E-state index < -0.39 is 11.9 Å². The predicted molar refractivity (Wildman–Crippen MR) is 149 cm³/mol. The molecule has 1 N–H and O–H groups in total. The summed E-state index contributed by atoms with van der Waals surface area (Å²) in [6, 6.07) is 14.9. The van der Waals surface area contributed by atoms with Crippen molar-refractivity contribution in [1.29, 1.82) is 0 Å². The van der Waals surface area contributed by atoms with Crippen molar-refractivity contribution in [2.75, 3.05) is 33.1 Å². The smallest absolute Gasteiger partial charge is 0.341 e. The van der Waals surface area contributed by atoms with Gasteiger partial charge in [0.05, 0.1) is 40.9 Å². The Kier molecular flexibility index (Phi) is 7.78. The van der Waals surface area contributed by atoms with Gasteiger partial charge in [0.1, 0.15) is 10.8 Å². The fourth-order valence-corrected chi connectivity index (χ4v) is 5.46. The van der Waals surface area contributed by atoms with Crippen LogP contribution in [-0.4, -0.2) is 55.5 Å². The number of nitrogens with one attached hydrogen (secondary N) is 1. The molecule has 0 saturated heterocycles. The molecule has 2 aromatic carbocycles. The lowest BCUT2D eigenvalue weighted by atomic mass is 9.97. The van der Waals surface area contributed by atoms with Gasteiger partial charge in [0.2, 0.25) is 0 Å². The number of ether oxygens (including phenoxy) is 2. The Morgan fingerprint density at radius 1 is 0.974 bits per heavy atom. The van der Waals surface area contributed by atoms with Crippen LogP contribution in [0.1, 0.15) is 48.4 Å². The number of fused-ring (bicyclic) bond motifs is 1. The van der Waals surface area contributed by atoms with Gasteiger partial charge in [0.15, 0.2) is 0 Å². The van der Waals surface area contributed by atoms with Crippen LogP contribution in [0, 0.1) is 13.8 Å².